The lowest BCUT2D eigenvalue weighted by Gasteiger charge is -2.23. The maximum absolute atomic E-state index is 13.9. The summed E-state index contributed by atoms with van der Waals surface area (Å²) in [5.74, 6) is 0.213. The minimum absolute atomic E-state index is 0.0544. The van der Waals surface area contributed by atoms with Crippen molar-refractivity contribution in [3.05, 3.63) is 64.9 Å². The molecule has 0 bridgehead atoms. The molecule has 0 aliphatic heterocycles. The van der Waals surface area contributed by atoms with Gasteiger partial charge in [-0.2, -0.15) is 0 Å². The maximum atomic E-state index is 13.9. The van der Waals surface area contributed by atoms with Gasteiger partial charge in [-0.1, -0.05) is 29.4 Å². The lowest BCUT2D eigenvalue weighted by Crippen LogP contribution is -2.34. The molecule has 9 nitrogen and oxygen atoms in total. The Balaban J connectivity index is 2.17. The summed E-state index contributed by atoms with van der Waals surface area (Å²) < 4.78 is 50.1. The molecule has 3 rings (SSSR count). The fourth-order valence-electron chi connectivity index (χ4n) is 3.56. The highest BCUT2D eigenvalue weighted by Gasteiger charge is 2.32. The number of ether oxygens (including phenoxy) is 3. The third kappa shape index (κ3) is 5.55. The average Bonchev–Trinajstić information content (AvgIpc) is 3.18. The summed E-state index contributed by atoms with van der Waals surface area (Å²) in [6.45, 7) is 7.68. The van der Waals surface area contributed by atoms with Crippen molar-refractivity contribution in [2.75, 3.05) is 31.4 Å². The highest BCUT2D eigenvalue weighted by atomic mass is 32.2. The first-order valence-corrected chi connectivity index (χ1v) is 12.6. The number of methoxy groups -OCH3 is 1. The van der Waals surface area contributed by atoms with E-state index in [2.05, 4.69) is 5.16 Å². The fourth-order valence-corrected chi connectivity index (χ4v) is 5.15. The molecule has 188 valence electrons. The van der Waals surface area contributed by atoms with Crippen LogP contribution in [0.1, 0.15) is 41.1 Å². The molecule has 0 saturated heterocycles. The van der Waals surface area contributed by atoms with Crippen molar-refractivity contribution < 1.29 is 31.9 Å². The molecule has 10 heteroatoms. The smallest absolute Gasteiger partial charge is 0.338 e. The number of hydrogen-bond donors (Lipinski definition) is 0. The van der Waals surface area contributed by atoms with Gasteiger partial charge in [0.2, 0.25) is 0 Å². The van der Waals surface area contributed by atoms with Gasteiger partial charge in [-0.05, 0) is 57.0 Å². The molecule has 1 aromatic heterocycles. The van der Waals surface area contributed by atoms with E-state index in [0.717, 1.165) is 4.31 Å². The van der Waals surface area contributed by atoms with Crippen molar-refractivity contribution in [1.82, 2.24) is 5.16 Å². The number of aromatic nitrogens is 1. The first kappa shape index (κ1) is 26.4. The summed E-state index contributed by atoms with van der Waals surface area (Å²) in [5.41, 5.74) is 2.69. The Labute approximate surface area is 205 Å². The standard InChI is InChI=1S/C25H30N2O7S/c1-6-32-15-20-14-19(25(28)33-7-2)12-13-21(20)22-10-8-9-11-23(22)35(29,30)27(16-31-5)24-17(3)18(4)34-26-24/h8-14H,6-7,15-16H2,1-5H3. The van der Waals surface area contributed by atoms with Crippen LogP contribution < -0.4 is 4.31 Å². The number of esters is 1. The molecule has 2 aromatic carbocycles. The van der Waals surface area contributed by atoms with Gasteiger partial charge in [0, 0.05) is 24.8 Å². The molecule has 0 fully saturated rings. The molecule has 0 saturated carbocycles. The Kier molecular flexibility index (Phi) is 8.66. The third-order valence-corrected chi connectivity index (χ3v) is 7.21. The quantitative estimate of drug-likeness (QED) is 0.279. The predicted octanol–water partition coefficient (Wildman–Crippen LogP) is 4.47. The molecular formula is C25H30N2O7S. The van der Waals surface area contributed by atoms with E-state index in [1.807, 2.05) is 6.92 Å². The number of carbonyl (C=O) groups is 1. The summed E-state index contributed by atoms with van der Waals surface area (Å²) in [6.07, 6.45) is 0. The first-order valence-electron chi connectivity index (χ1n) is 11.2. The second-order valence-corrected chi connectivity index (χ2v) is 9.52. The van der Waals surface area contributed by atoms with Gasteiger partial charge in [-0.25, -0.2) is 17.5 Å². The first-order chi connectivity index (χ1) is 16.8. The van der Waals surface area contributed by atoms with Crippen LogP contribution in [0.25, 0.3) is 11.1 Å². The number of rotatable bonds is 11. The molecule has 0 amide bonds. The number of anilines is 1. The van der Waals surface area contributed by atoms with Crippen molar-refractivity contribution in [3.8, 4) is 11.1 Å². The molecule has 0 spiro atoms. The number of sulfonamides is 1. The zero-order chi connectivity index (χ0) is 25.6. The van der Waals surface area contributed by atoms with Crippen LogP contribution in [0.4, 0.5) is 5.82 Å². The molecule has 0 aliphatic rings. The Hall–Kier alpha value is -3.21. The van der Waals surface area contributed by atoms with E-state index in [1.54, 1.807) is 57.2 Å². The van der Waals surface area contributed by atoms with Crippen LogP contribution in [0.5, 0.6) is 0 Å². The number of hydrogen-bond acceptors (Lipinski definition) is 8. The number of nitrogens with zero attached hydrogens (tertiary/aromatic N) is 2. The van der Waals surface area contributed by atoms with Gasteiger partial charge in [0.15, 0.2) is 5.82 Å². The summed E-state index contributed by atoms with van der Waals surface area (Å²) in [7, 11) is -2.72. The Morgan fingerprint density at radius 3 is 2.43 bits per heavy atom. The van der Waals surface area contributed by atoms with Crippen molar-refractivity contribution in [1.29, 1.82) is 0 Å². The SMILES string of the molecule is CCOCc1cc(C(=O)OCC)ccc1-c1ccccc1S(=O)(=O)N(COC)c1noc(C)c1C. The normalized spacial score (nSPS) is 11.5. The molecule has 35 heavy (non-hydrogen) atoms. The number of benzene rings is 2. The van der Waals surface area contributed by atoms with E-state index in [4.69, 9.17) is 18.7 Å². The molecule has 3 aromatic rings. The monoisotopic (exact) mass is 502 g/mol. The third-order valence-electron chi connectivity index (χ3n) is 5.44. The van der Waals surface area contributed by atoms with Crippen LogP contribution in [0.3, 0.4) is 0 Å². The lowest BCUT2D eigenvalue weighted by molar-refractivity contribution is 0.0526. The minimum Gasteiger partial charge on any atom is -0.462 e. The second-order valence-electron chi connectivity index (χ2n) is 7.68. The molecule has 0 radical (unpaired) electrons. The highest BCUT2D eigenvalue weighted by Crippen LogP contribution is 2.35. The largest absolute Gasteiger partial charge is 0.462 e. The van der Waals surface area contributed by atoms with Gasteiger partial charge >= 0.3 is 5.97 Å². The van der Waals surface area contributed by atoms with Gasteiger partial charge in [0.05, 0.1) is 23.7 Å². The van der Waals surface area contributed by atoms with Crippen LogP contribution >= 0.6 is 0 Å². The fraction of sp³-hybridized carbons (Fsp3) is 0.360. The molecule has 0 N–H and O–H groups in total. The molecule has 0 unspecified atom stereocenters. The van der Waals surface area contributed by atoms with Crippen LogP contribution in [0.15, 0.2) is 51.9 Å². The topological polar surface area (TPSA) is 108 Å². The van der Waals surface area contributed by atoms with Gasteiger partial charge < -0.3 is 18.7 Å². The van der Waals surface area contributed by atoms with Crippen LogP contribution in [-0.4, -0.2) is 46.6 Å². The van der Waals surface area contributed by atoms with E-state index in [1.165, 1.54) is 13.2 Å². The van der Waals surface area contributed by atoms with Gasteiger partial charge in [-0.3, -0.25) is 0 Å². The van der Waals surface area contributed by atoms with Crippen molar-refractivity contribution in [2.24, 2.45) is 0 Å². The van der Waals surface area contributed by atoms with Crippen molar-refractivity contribution in [3.63, 3.8) is 0 Å². The summed E-state index contributed by atoms with van der Waals surface area (Å²) >= 11 is 0. The Morgan fingerprint density at radius 2 is 1.80 bits per heavy atom. The average molecular weight is 503 g/mol. The van der Waals surface area contributed by atoms with Crippen LogP contribution in [0.2, 0.25) is 0 Å². The van der Waals surface area contributed by atoms with Gasteiger partial charge in [-0.15, -0.1) is 0 Å². The second kappa shape index (κ2) is 11.5. The Morgan fingerprint density at radius 1 is 1.06 bits per heavy atom. The summed E-state index contributed by atoms with van der Waals surface area (Å²) in [5, 5.41) is 3.96. The molecular weight excluding hydrogens is 472 g/mol. The number of carbonyl (C=O) groups excluding carboxylic acids is 1. The van der Waals surface area contributed by atoms with E-state index < -0.39 is 16.0 Å². The van der Waals surface area contributed by atoms with E-state index in [0.29, 0.717) is 40.2 Å². The van der Waals surface area contributed by atoms with E-state index in [9.17, 15) is 13.2 Å². The maximum Gasteiger partial charge on any atom is 0.338 e. The van der Waals surface area contributed by atoms with Crippen LogP contribution in [0, 0.1) is 13.8 Å². The molecule has 0 atom stereocenters. The summed E-state index contributed by atoms with van der Waals surface area (Å²) in [6, 6.07) is 11.6. The Bertz CT molecular complexity index is 1280. The zero-order valence-corrected chi connectivity index (χ0v) is 21.3. The van der Waals surface area contributed by atoms with E-state index in [-0.39, 0.29) is 30.7 Å². The predicted molar refractivity (Wildman–Crippen MR) is 131 cm³/mol. The summed E-state index contributed by atoms with van der Waals surface area (Å²) in [4.78, 5) is 12.4. The van der Waals surface area contributed by atoms with Gasteiger partial charge in [0.1, 0.15) is 12.5 Å². The van der Waals surface area contributed by atoms with Crippen molar-refractivity contribution in [2.45, 2.75) is 39.2 Å². The lowest BCUT2D eigenvalue weighted by atomic mass is 9.97. The van der Waals surface area contributed by atoms with Crippen LogP contribution in [-0.2, 0) is 30.8 Å². The molecule has 0 aliphatic carbocycles. The molecule has 1 heterocycles. The van der Waals surface area contributed by atoms with E-state index >= 15 is 0 Å². The minimum atomic E-state index is -4.12. The zero-order valence-electron chi connectivity index (χ0n) is 20.5. The van der Waals surface area contributed by atoms with Crippen molar-refractivity contribution >= 4 is 21.8 Å². The highest BCUT2D eigenvalue weighted by molar-refractivity contribution is 7.93. The number of aryl methyl sites for hydroxylation is 1. The van der Waals surface area contributed by atoms with Gasteiger partial charge in [0.25, 0.3) is 10.0 Å².